The van der Waals surface area contributed by atoms with Crippen LogP contribution in [0, 0.1) is 0 Å². The first kappa shape index (κ1) is 20.0. The van der Waals surface area contributed by atoms with Crippen molar-refractivity contribution in [2.45, 2.75) is 13.1 Å². The van der Waals surface area contributed by atoms with Crippen LogP contribution >= 0.6 is 23.2 Å². The highest BCUT2D eigenvalue weighted by Gasteiger charge is 2.15. The second-order valence-electron chi connectivity index (χ2n) is 6.31. The van der Waals surface area contributed by atoms with Crippen molar-refractivity contribution in [2.24, 2.45) is 0 Å². The van der Waals surface area contributed by atoms with Crippen LogP contribution in [0.3, 0.4) is 0 Å². The van der Waals surface area contributed by atoms with Gasteiger partial charge >= 0.3 is 0 Å². The largest absolute Gasteiger partial charge is 0.494 e. The van der Waals surface area contributed by atoms with Gasteiger partial charge in [-0.3, -0.25) is 9.69 Å². The molecule has 0 unspecified atom stereocenters. The molecule has 0 radical (unpaired) electrons. The molecule has 2 aromatic rings. The maximum atomic E-state index is 12.5. The van der Waals surface area contributed by atoms with Gasteiger partial charge in [0.1, 0.15) is 0 Å². The highest BCUT2D eigenvalue weighted by atomic mass is 35.5. The number of carbonyl (C=O) groups is 1. The zero-order valence-electron chi connectivity index (χ0n) is 15.1. The number of rotatable bonds is 6. The fourth-order valence-corrected chi connectivity index (χ4v) is 3.69. The van der Waals surface area contributed by atoms with Crippen LogP contribution < -0.4 is 10.1 Å². The topological polar surface area (TPSA) is 50.8 Å². The number of carbonyl (C=O) groups excluding carboxylic acids is 1. The molecule has 0 spiro atoms. The summed E-state index contributed by atoms with van der Waals surface area (Å²) in [6.07, 6.45) is 0. The molecule has 27 heavy (non-hydrogen) atoms. The Bertz CT molecular complexity index is 785. The number of hydrogen-bond donors (Lipinski definition) is 1. The Morgan fingerprint density at radius 1 is 1.15 bits per heavy atom. The number of nitrogens with one attached hydrogen (secondary N) is 1. The molecule has 7 heteroatoms. The fourth-order valence-electron chi connectivity index (χ4n) is 3.05. The van der Waals surface area contributed by atoms with Gasteiger partial charge in [-0.1, -0.05) is 47.5 Å². The van der Waals surface area contributed by atoms with Gasteiger partial charge in [-0.05, 0) is 23.3 Å². The van der Waals surface area contributed by atoms with Crippen LogP contribution in [0.2, 0.25) is 10.0 Å². The van der Waals surface area contributed by atoms with E-state index in [9.17, 15) is 4.79 Å². The molecule has 1 N–H and O–H groups in total. The van der Waals surface area contributed by atoms with Gasteiger partial charge in [-0.2, -0.15) is 0 Å². The number of benzene rings is 2. The quantitative estimate of drug-likeness (QED) is 0.790. The summed E-state index contributed by atoms with van der Waals surface area (Å²) in [7, 11) is 1.48. The number of morpholine rings is 1. The first-order valence-corrected chi connectivity index (χ1v) is 9.52. The van der Waals surface area contributed by atoms with Crippen LogP contribution in [0.25, 0.3) is 0 Å². The van der Waals surface area contributed by atoms with Crippen molar-refractivity contribution in [2.75, 3.05) is 33.4 Å². The molecule has 144 valence electrons. The minimum atomic E-state index is -0.234. The summed E-state index contributed by atoms with van der Waals surface area (Å²) < 4.78 is 10.5. The average molecular weight is 409 g/mol. The maximum Gasteiger partial charge on any atom is 0.251 e. The Balaban J connectivity index is 1.67. The first-order chi connectivity index (χ1) is 13.1. The second-order valence-corrected chi connectivity index (χ2v) is 7.13. The molecule has 1 aliphatic rings. The van der Waals surface area contributed by atoms with Gasteiger partial charge in [-0.15, -0.1) is 0 Å². The fraction of sp³-hybridized carbons (Fsp3) is 0.350. The van der Waals surface area contributed by atoms with E-state index in [0.29, 0.717) is 27.9 Å². The van der Waals surface area contributed by atoms with Gasteiger partial charge < -0.3 is 14.8 Å². The molecule has 0 aliphatic carbocycles. The smallest absolute Gasteiger partial charge is 0.251 e. The van der Waals surface area contributed by atoms with Crippen LogP contribution in [0.1, 0.15) is 21.5 Å². The summed E-state index contributed by atoms with van der Waals surface area (Å²) in [5.74, 6) is 0.133. The lowest BCUT2D eigenvalue weighted by Gasteiger charge is -2.27. The van der Waals surface area contributed by atoms with E-state index in [0.717, 1.165) is 38.4 Å². The zero-order valence-corrected chi connectivity index (χ0v) is 16.6. The van der Waals surface area contributed by atoms with Gasteiger partial charge in [0.05, 0.1) is 30.4 Å². The number of hydrogen-bond acceptors (Lipinski definition) is 4. The Kier molecular flexibility index (Phi) is 6.96. The SMILES string of the molecule is COc1c(Cl)cc(C(=O)NCc2ccccc2CN2CCOCC2)cc1Cl. The molecule has 0 atom stereocenters. The van der Waals surface area contributed by atoms with Crippen molar-refractivity contribution in [3.8, 4) is 5.75 Å². The van der Waals surface area contributed by atoms with Gasteiger partial charge in [-0.25, -0.2) is 0 Å². The van der Waals surface area contributed by atoms with E-state index in [1.54, 1.807) is 12.1 Å². The van der Waals surface area contributed by atoms with E-state index in [2.05, 4.69) is 16.3 Å². The van der Waals surface area contributed by atoms with Gasteiger partial charge in [0, 0.05) is 31.7 Å². The monoisotopic (exact) mass is 408 g/mol. The molecule has 1 amide bonds. The van der Waals surface area contributed by atoms with Crippen molar-refractivity contribution in [3.63, 3.8) is 0 Å². The van der Waals surface area contributed by atoms with E-state index in [1.807, 2.05) is 18.2 Å². The molecule has 1 heterocycles. The Hall–Kier alpha value is -1.79. The number of ether oxygens (including phenoxy) is 2. The van der Waals surface area contributed by atoms with Gasteiger partial charge in [0.15, 0.2) is 5.75 Å². The third kappa shape index (κ3) is 5.14. The van der Waals surface area contributed by atoms with Crippen molar-refractivity contribution in [1.82, 2.24) is 10.2 Å². The standard InChI is InChI=1S/C20H22Cl2N2O3/c1-26-19-17(21)10-16(11-18(19)22)20(25)23-12-14-4-2-3-5-15(14)13-24-6-8-27-9-7-24/h2-5,10-11H,6-9,12-13H2,1H3,(H,23,25). The van der Waals surface area contributed by atoms with Crippen LogP contribution in [0.15, 0.2) is 36.4 Å². The van der Waals surface area contributed by atoms with Crippen LogP contribution in [0.4, 0.5) is 0 Å². The normalized spacial score (nSPS) is 14.8. The van der Waals surface area contributed by atoms with Crippen LogP contribution in [0.5, 0.6) is 5.75 Å². The highest BCUT2D eigenvalue weighted by molar-refractivity contribution is 6.37. The number of halogens is 2. The highest BCUT2D eigenvalue weighted by Crippen LogP contribution is 2.33. The van der Waals surface area contributed by atoms with E-state index in [4.69, 9.17) is 32.7 Å². The molecule has 5 nitrogen and oxygen atoms in total. The Labute approximate surface area is 169 Å². The molecule has 1 saturated heterocycles. The molecule has 1 aliphatic heterocycles. The van der Waals surface area contributed by atoms with E-state index < -0.39 is 0 Å². The number of methoxy groups -OCH3 is 1. The van der Waals surface area contributed by atoms with E-state index in [1.165, 1.54) is 12.7 Å². The molecular weight excluding hydrogens is 387 g/mol. The average Bonchev–Trinajstić information content (AvgIpc) is 2.67. The Morgan fingerprint density at radius 2 is 1.78 bits per heavy atom. The molecule has 2 aromatic carbocycles. The van der Waals surface area contributed by atoms with Crippen LogP contribution in [-0.2, 0) is 17.8 Å². The van der Waals surface area contributed by atoms with Crippen molar-refractivity contribution in [1.29, 1.82) is 0 Å². The molecule has 0 aromatic heterocycles. The maximum absolute atomic E-state index is 12.5. The molecule has 3 rings (SSSR count). The van der Waals surface area contributed by atoms with Crippen molar-refractivity contribution in [3.05, 3.63) is 63.1 Å². The predicted octanol–water partition coefficient (Wildman–Crippen LogP) is 3.76. The Morgan fingerprint density at radius 3 is 2.41 bits per heavy atom. The number of nitrogens with zero attached hydrogens (tertiary/aromatic N) is 1. The third-order valence-electron chi connectivity index (χ3n) is 4.52. The van der Waals surface area contributed by atoms with Crippen LogP contribution in [-0.4, -0.2) is 44.2 Å². The second kappa shape index (κ2) is 9.42. The number of amides is 1. The summed E-state index contributed by atoms with van der Waals surface area (Å²) >= 11 is 12.2. The summed E-state index contributed by atoms with van der Waals surface area (Å²) in [5.41, 5.74) is 2.69. The predicted molar refractivity (Wildman–Crippen MR) is 107 cm³/mol. The van der Waals surface area contributed by atoms with Gasteiger partial charge in [0.2, 0.25) is 0 Å². The summed E-state index contributed by atoms with van der Waals surface area (Å²) in [6, 6.07) is 11.2. The lowest BCUT2D eigenvalue weighted by Crippen LogP contribution is -2.36. The lowest BCUT2D eigenvalue weighted by atomic mass is 10.1. The molecule has 0 saturated carbocycles. The van der Waals surface area contributed by atoms with Crippen molar-refractivity contribution < 1.29 is 14.3 Å². The summed E-state index contributed by atoms with van der Waals surface area (Å²) in [6.45, 7) is 4.64. The summed E-state index contributed by atoms with van der Waals surface area (Å²) in [4.78, 5) is 14.9. The molecule has 0 bridgehead atoms. The minimum absolute atomic E-state index is 0.234. The molecular formula is C20H22Cl2N2O3. The van der Waals surface area contributed by atoms with Gasteiger partial charge in [0.25, 0.3) is 5.91 Å². The minimum Gasteiger partial charge on any atom is -0.494 e. The lowest BCUT2D eigenvalue weighted by molar-refractivity contribution is 0.0340. The third-order valence-corrected chi connectivity index (χ3v) is 5.08. The summed E-state index contributed by atoms with van der Waals surface area (Å²) in [5, 5.41) is 3.56. The zero-order chi connectivity index (χ0) is 19.2. The van der Waals surface area contributed by atoms with Crippen molar-refractivity contribution >= 4 is 29.1 Å². The first-order valence-electron chi connectivity index (χ1n) is 8.76. The van der Waals surface area contributed by atoms with E-state index >= 15 is 0 Å². The van der Waals surface area contributed by atoms with E-state index in [-0.39, 0.29) is 5.91 Å². The molecule has 1 fully saturated rings.